The molecule has 1 saturated heterocycles. The molecule has 2 aromatic carbocycles. The lowest BCUT2D eigenvalue weighted by atomic mass is 9.88. The summed E-state index contributed by atoms with van der Waals surface area (Å²) in [6.07, 6.45) is 4.39. The Morgan fingerprint density at radius 1 is 0.862 bits per heavy atom. The molecule has 0 radical (unpaired) electrons. The first-order chi connectivity index (χ1) is 13.8. The van der Waals surface area contributed by atoms with Gasteiger partial charge in [0.2, 0.25) is 20.0 Å². The summed E-state index contributed by atoms with van der Waals surface area (Å²) in [6.45, 7) is 1.04. The predicted octanol–water partition coefficient (Wildman–Crippen LogP) is 3.17. The fourth-order valence-electron chi connectivity index (χ4n) is 4.30. The molecule has 8 heteroatoms. The van der Waals surface area contributed by atoms with Crippen LogP contribution in [0.2, 0.25) is 0 Å². The normalized spacial score (nSPS) is 20.7. The summed E-state index contributed by atoms with van der Waals surface area (Å²) < 4.78 is 54.7. The molecule has 1 heterocycles. The van der Waals surface area contributed by atoms with Crippen molar-refractivity contribution in [2.75, 3.05) is 20.1 Å². The Kier molecular flexibility index (Phi) is 5.54. The number of aryl methyl sites for hydroxylation is 1. The van der Waals surface area contributed by atoms with Crippen molar-refractivity contribution in [3.63, 3.8) is 0 Å². The van der Waals surface area contributed by atoms with Crippen LogP contribution in [0.1, 0.15) is 42.9 Å². The Bertz CT molecular complexity index is 1090. The highest BCUT2D eigenvalue weighted by Crippen LogP contribution is 2.36. The van der Waals surface area contributed by atoms with Crippen molar-refractivity contribution in [3.05, 3.63) is 59.7 Å². The molecule has 1 fully saturated rings. The molecule has 156 valence electrons. The number of hydrogen-bond donors (Lipinski definition) is 0. The van der Waals surface area contributed by atoms with Crippen molar-refractivity contribution >= 4 is 20.0 Å². The van der Waals surface area contributed by atoms with E-state index in [2.05, 4.69) is 6.07 Å². The van der Waals surface area contributed by atoms with Gasteiger partial charge in [-0.05, 0) is 67.5 Å². The van der Waals surface area contributed by atoms with Gasteiger partial charge < -0.3 is 0 Å². The zero-order chi connectivity index (χ0) is 20.6. The molecule has 2 aromatic rings. The summed E-state index contributed by atoms with van der Waals surface area (Å²) in [4.78, 5) is 0.257. The number of sulfonamides is 2. The second kappa shape index (κ2) is 7.83. The quantitative estimate of drug-likeness (QED) is 0.724. The molecule has 0 amide bonds. The maximum Gasteiger partial charge on any atom is 0.243 e. The van der Waals surface area contributed by atoms with E-state index >= 15 is 0 Å². The van der Waals surface area contributed by atoms with Crippen LogP contribution >= 0.6 is 0 Å². The van der Waals surface area contributed by atoms with E-state index in [1.54, 1.807) is 7.05 Å². The van der Waals surface area contributed by atoms with Gasteiger partial charge in [0.1, 0.15) is 0 Å². The lowest BCUT2D eigenvalue weighted by Gasteiger charge is -2.32. The van der Waals surface area contributed by atoms with E-state index in [1.807, 2.05) is 18.2 Å². The van der Waals surface area contributed by atoms with Crippen LogP contribution in [-0.4, -0.2) is 45.6 Å². The third kappa shape index (κ3) is 3.74. The summed E-state index contributed by atoms with van der Waals surface area (Å²) in [5, 5.41) is 0. The van der Waals surface area contributed by atoms with Gasteiger partial charge in [-0.25, -0.2) is 16.8 Å². The van der Waals surface area contributed by atoms with E-state index < -0.39 is 20.0 Å². The third-order valence-corrected chi connectivity index (χ3v) is 9.77. The lowest BCUT2D eigenvalue weighted by Crippen LogP contribution is -2.33. The molecular formula is C21H26N2O4S2. The lowest BCUT2D eigenvalue weighted by molar-refractivity contribution is 0.337. The maximum atomic E-state index is 13.2. The van der Waals surface area contributed by atoms with Crippen molar-refractivity contribution < 1.29 is 16.8 Å². The average molecular weight is 435 g/mol. The van der Waals surface area contributed by atoms with Gasteiger partial charge in [-0.3, -0.25) is 0 Å². The molecule has 1 atom stereocenters. The molecule has 4 rings (SSSR count). The van der Waals surface area contributed by atoms with E-state index in [0.29, 0.717) is 13.1 Å². The summed E-state index contributed by atoms with van der Waals surface area (Å²) >= 11 is 0. The highest BCUT2D eigenvalue weighted by molar-refractivity contribution is 7.89. The van der Waals surface area contributed by atoms with Crippen LogP contribution in [0.15, 0.2) is 58.3 Å². The monoisotopic (exact) mass is 434 g/mol. The predicted molar refractivity (Wildman–Crippen MR) is 112 cm³/mol. The van der Waals surface area contributed by atoms with Gasteiger partial charge in [0, 0.05) is 26.2 Å². The number of rotatable bonds is 5. The van der Waals surface area contributed by atoms with E-state index in [1.165, 1.54) is 38.4 Å². The number of benzene rings is 2. The van der Waals surface area contributed by atoms with Crippen LogP contribution in [0.5, 0.6) is 0 Å². The molecule has 2 aliphatic rings. The van der Waals surface area contributed by atoms with Gasteiger partial charge in [0.15, 0.2) is 0 Å². The summed E-state index contributed by atoms with van der Waals surface area (Å²) in [5.74, 6) is 0. The van der Waals surface area contributed by atoms with Crippen LogP contribution < -0.4 is 0 Å². The van der Waals surface area contributed by atoms with E-state index in [0.717, 1.165) is 37.7 Å². The van der Waals surface area contributed by atoms with Gasteiger partial charge in [0.25, 0.3) is 0 Å². The van der Waals surface area contributed by atoms with Crippen molar-refractivity contribution in [3.8, 4) is 0 Å². The highest BCUT2D eigenvalue weighted by atomic mass is 32.2. The Balaban J connectivity index is 1.61. The van der Waals surface area contributed by atoms with Gasteiger partial charge in [-0.2, -0.15) is 8.61 Å². The highest BCUT2D eigenvalue weighted by Gasteiger charge is 2.33. The van der Waals surface area contributed by atoms with E-state index in [9.17, 15) is 16.8 Å². The van der Waals surface area contributed by atoms with Gasteiger partial charge in [-0.15, -0.1) is 0 Å². The van der Waals surface area contributed by atoms with Crippen molar-refractivity contribution in [2.24, 2.45) is 0 Å². The molecule has 0 bridgehead atoms. The van der Waals surface area contributed by atoms with Gasteiger partial charge >= 0.3 is 0 Å². The Morgan fingerprint density at radius 2 is 1.48 bits per heavy atom. The SMILES string of the molecule is CN(C1CCCc2ccccc21)S(=O)(=O)c1ccc(S(=O)(=O)N2CCCC2)cc1. The smallest absolute Gasteiger partial charge is 0.207 e. The minimum Gasteiger partial charge on any atom is -0.207 e. The van der Waals surface area contributed by atoms with Crippen LogP contribution in [0.3, 0.4) is 0 Å². The molecule has 29 heavy (non-hydrogen) atoms. The van der Waals surface area contributed by atoms with Crippen LogP contribution in [0, 0.1) is 0 Å². The van der Waals surface area contributed by atoms with Crippen LogP contribution in [0.25, 0.3) is 0 Å². The minimum atomic E-state index is -3.74. The maximum absolute atomic E-state index is 13.2. The summed E-state index contributed by atoms with van der Waals surface area (Å²) in [6, 6.07) is 13.4. The molecule has 1 aliphatic heterocycles. The topological polar surface area (TPSA) is 74.8 Å². The van der Waals surface area contributed by atoms with E-state index in [4.69, 9.17) is 0 Å². The molecule has 1 unspecified atom stereocenters. The fourth-order valence-corrected chi connectivity index (χ4v) is 7.18. The molecule has 0 spiro atoms. The molecule has 1 aliphatic carbocycles. The first-order valence-corrected chi connectivity index (χ1v) is 12.9. The Labute approximate surface area is 173 Å². The third-order valence-electron chi connectivity index (χ3n) is 5.98. The number of nitrogens with zero attached hydrogens (tertiary/aromatic N) is 2. The average Bonchev–Trinajstić information content (AvgIpc) is 3.29. The number of fused-ring (bicyclic) bond motifs is 1. The molecule has 0 aromatic heterocycles. The van der Waals surface area contributed by atoms with Crippen LogP contribution in [0.4, 0.5) is 0 Å². The molecule has 0 N–H and O–H groups in total. The minimum absolute atomic E-state index is 0.114. The zero-order valence-corrected chi connectivity index (χ0v) is 18.1. The second-order valence-electron chi connectivity index (χ2n) is 7.71. The van der Waals surface area contributed by atoms with Gasteiger partial charge in [-0.1, -0.05) is 24.3 Å². The van der Waals surface area contributed by atoms with Crippen molar-refractivity contribution in [2.45, 2.75) is 47.9 Å². The standard InChI is InChI=1S/C21H26N2O4S2/c1-22(21-10-6-8-17-7-2-3-9-20(17)21)28(24,25)18-11-13-19(14-12-18)29(26,27)23-15-4-5-16-23/h2-3,7,9,11-14,21H,4-6,8,10,15-16H2,1H3. The summed E-state index contributed by atoms with van der Waals surface area (Å²) in [7, 11) is -5.69. The largest absolute Gasteiger partial charge is 0.243 e. The first-order valence-electron chi connectivity index (χ1n) is 9.98. The fraction of sp³-hybridized carbons (Fsp3) is 0.429. The van der Waals surface area contributed by atoms with Crippen LogP contribution in [-0.2, 0) is 26.5 Å². The second-order valence-corrected chi connectivity index (χ2v) is 11.6. The Morgan fingerprint density at radius 3 is 2.17 bits per heavy atom. The number of hydrogen-bond acceptors (Lipinski definition) is 4. The molecule has 6 nitrogen and oxygen atoms in total. The summed E-state index contributed by atoms with van der Waals surface area (Å²) in [5.41, 5.74) is 2.25. The van der Waals surface area contributed by atoms with E-state index in [-0.39, 0.29) is 15.8 Å². The van der Waals surface area contributed by atoms with Crippen molar-refractivity contribution in [1.29, 1.82) is 0 Å². The zero-order valence-electron chi connectivity index (χ0n) is 16.5. The van der Waals surface area contributed by atoms with Crippen molar-refractivity contribution in [1.82, 2.24) is 8.61 Å². The molecule has 0 saturated carbocycles. The molecular weight excluding hydrogens is 408 g/mol. The Hall–Kier alpha value is -1.74. The van der Waals surface area contributed by atoms with Gasteiger partial charge in [0.05, 0.1) is 9.79 Å². The first kappa shape index (κ1) is 20.5.